The number of rotatable bonds is 5. The lowest BCUT2D eigenvalue weighted by Crippen LogP contribution is -2.49. The van der Waals surface area contributed by atoms with Crippen LogP contribution in [-0.4, -0.2) is 19.7 Å². The summed E-state index contributed by atoms with van der Waals surface area (Å²) in [6.45, 7) is 3.76. The Balaban J connectivity index is 2.40. The first-order valence-electron chi connectivity index (χ1n) is 7.16. The van der Waals surface area contributed by atoms with Crippen LogP contribution >= 0.6 is 0 Å². The van der Waals surface area contributed by atoms with E-state index in [4.69, 9.17) is 0 Å². The van der Waals surface area contributed by atoms with Crippen molar-refractivity contribution in [1.29, 1.82) is 0 Å². The maximum Gasteiger partial charge on any atom is 0.450 e. The molecule has 0 aliphatic rings. The zero-order valence-corrected chi connectivity index (χ0v) is 14.5. The first-order valence-corrected chi connectivity index (χ1v) is 8.64. The number of alkyl halides is 3. The van der Waals surface area contributed by atoms with Crippen LogP contribution in [0, 0.1) is 6.92 Å². The molecular formula is C16H16F3NO4S. The number of aryl methyl sites for hydroxylation is 1. The number of halogens is 3. The summed E-state index contributed by atoms with van der Waals surface area (Å²) in [6.07, 6.45) is -4.98. The number of furan rings is 1. The van der Waals surface area contributed by atoms with E-state index in [-0.39, 0.29) is 11.3 Å². The molecule has 9 heteroatoms. The average molecular weight is 375 g/mol. The van der Waals surface area contributed by atoms with Gasteiger partial charge < -0.3 is 4.42 Å². The van der Waals surface area contributed by atoms with Crippen LogP contribution in [0.4, 0.5) is 13.2 Å². The van der Waals surface area contributed by atoms with Crippen LogP contribution < -0.4 is 4.72 Å². The topological polar surface area (TPSA) is 76.4 Å². The van der Waals surface area contributed by atoms with Crippen molar-refractivity contribution in [2.24, 2.45) is 0 Å². The molecule has 2 aromatic rings. The number of carbonyl (C=O) groups excluding carboxylic acids is 1. The summed E-state index contributed by atoms with van der Waals surface area (Å²) in [4.78, 5) is 11.4. The predicted octanol–water partition coefficient (Wildman–Crippen LogP) is 3.55. The molecule has 136 valence electrons. The molecule has 0 atom stereocenters. The SMILES string of the molecule is Cc1cc(S(=O)(=O)NC(C)(C)C(=O)c2ccccc2)c(C(F)(F)F)o1. The van der Waals surface area contributed by atoms with Gasteiger partial charge in [0.1, 0.15) is 10.7 Å². The van der Waals surface area contributed by atoms with Gasteiger partial charge in [-0.2, -0.15) is 17.9 Å². The van der Waals surface area contributed by atoms with Gasteiger partial charge in [0.25, 0.3) is 0 Å². The highest BCUT2D eigenvalue weighted by atomic mass is 32.2. The van der Waals surface area contributed by atoms with Gasteiger partial charge in [-0.3, -0.25) is 4.79 Å². The summed E-state index contributed by atoms with van der Waals surface area (Å²) in [6, 6.07) is 8.62. The predicted molar refractivity (Wildman–Crippen MR) is 83.6 cm³/mol. The Kier molecular flexibility index (Phi) is 4.84. The Bertz CT molecular complexity index is 884. The van der Waals surface area contributed by atoms with E-state index in [9.17, 15) is 26.4 Å². The van der Waals surface area contributed by atoms with E-state index in [1.807, 2.05) is 4.72 Å². The van der Waals surface area contributed by atoms with Crippen LogP contribution in [0.5, 0.6) is 0 Å². The smallest absolute Gasteiger partial charge is 0.450 e. The third-order valence-corrected chi connectivity index (χ3v) is 5.02. The lowest BCUT2D eigenvalue weighted by atomic mass is 9.94. The van der Waals surface area contributed by atoms with Gasteiger partial charge in [0.2, 0.25) is 15.8 Å². The molecule has 0 bridgehead atoms. The van der Waals surface area contributed by atoms with Crippen LogP contribution in [-0.2, 0) is 16.2 Å². The summed E-state index contributed by atoms with van der Waals surface area (Å²) in [5, 5.41) is 0. The zero-order valence-electron chi connectivity index (χ0n) is 13.6. The first kappa shape index (κ1) is 19.2. The van der Waals surface area contributed by atoms with E-state index in [0.29, 0.717) is 0 Å². The van der Waals surface area contributed by atoms with Crippen molar-refractivity contribution >= 4 is 15.8 Å². The number of sulfonamides is 1. The van der Waals surface area contributed by atoms with E-state index in [0.717, 1.165) is 6.07 Å². The van der Waals surface area contributed by atoms with Gasteiger partial charge in [-0.15, -0.1) is 0 Å². The van der Waals surface area contributed by atoms with Gasteiger partial charge in [-0.1, -0.05) is 30.3 Å². The summed E-state index contributed by atoms with van der Waals surface area (Å²) in [5.74, 6) is -2.41. The summed E-state index contributed by atoms with van der Waals surface area (Å²) >= 11 is 0. The molecule has 0 radical (unpaired) electrons. The monoisotopic (exact) mass is 375 g/mol. The molecule has 0 aliphatic carbocycles. The fraction of sp³-hybridized carbons (Fsp3) is 0.312. The molecule has 0 spiro atoms. The minimum absolute atomic E-state index is 0.208. The molecule has 1 aromatic carbocycles. The fourth-order valence-electron chi connectivity index (χ4n) is 2.28. The van der Waals surface area contributed by atoms with Crippen molar-refractivity contribution in [1.82, 2.24) is 4.72 Å². The van der Waals surface area contributed by atoms with Crippen molar-refractivity contribution in [2.45, 2.75) is 37.4 Å². The Labute approximate surface area is 142 Å². The van der Waals surface area contributed by atoms with Crippen molar-refractivity contribution in [3.05, 3.63) is 53.5 Å². The van der Waals surface area contributed by atoms with E-state index in [2.05, 4.69) is 4.42 Å². The third kappa shape index (κ3) is 4.10. The Hall–Kier alpha value is -2.13. The van der Waals surface area contributed by atoms with Gasteiger partial charge in [-0.25, -0.2) is 8.42 Å². The van der Waals surface area contributed by atoms with Crippen LogP contribution in [0.2, 0.25) is 0 Å². The largest absolute Gasteiger partial charge is 0.455 e. The highest BCUT2D eigenvalue weighted by Gasteiger charge is 2.44. The Morgan fingerprint density at radius 2 is 1.68 bits per heavy atom. The van der Waals surface area contributed by atoms with Crippen LogP contribution in [0.25, 0.3) is 0 Å². The second-order valence-corrected chi connectivity index (χ2v) is 7.62. The minimum atomic E-state index is -4.98. The number of ketones is 1. The molecule has 0 unspecified atom stereocenters. The van der Waals surface area contributed by atoms with Gasteiger partial charge in [0.05, 0.1) is 5.54 Å². The first-order chi connectivity index (χ1) is 11.3. The number of carbonyl (C=O) groups is 1. The molecule has 1 heterocycles. The fourth-order valence-corrected chi connectivity index (χ4v) is 3.87. The number of hydrogen-bond donors (Lipinski definition) is 1. The molecule has 2 rings (SSSR count). The van der Waals surface area contributed by atoms with Crippen molar-refractivity contribution in [3.63, 3.8) is 0 Å². The average Bonchev–Trinajstić information content (AvgIpc) is 2.89. The second kappa shape index (κ2) is 6.30. The van der Waals surface area contributed by atoms with E-state index in [1.54, 1.807) is 18.2 Å². The van der Waals surface area contributed by atoms with Gasteiger partial charge in [0.15, 0.2) is 5.78 Å². The van der Waals surface area contributed by atoms with Crippen LogP contribution in [0.15, 0.2) is 45.7 Å². The summed E-state index contributed by atoms with van der Waals surface area (Å²) in [5.41, 5.74) is -1.43. The van der Waals surface area contributed by atoms with E-state index in [1.165, 1.54) is 32.9 Å². The van der Waals surface area contributed by atoms with Crippen molar-refractivity contribution in [3.8, 4) is 0 Å². The molecule has 25 heavy (non-hydrogen) atoms. The number of Topliss-reactive ketones (excluding diaryl/α,β-unsaturated/α-hetero) is 1. The number of benzene rings is 1. The molecule has 1 N–H and O–H groups in total. The maximum absolute atomic E-state index is 13.0. The zero-order chi connectivity index (χ0) is 19.0. The molecule has 0 saturated heterocycles. The molecule has 0 aliphatic heterocycles. The van der Waals surface area contributed by atoms with Crippen LogP contribution in [0.1, 0.15) is 35.7 Å². The van der Waals surface area contributed by atoms with Gasteiger partial charge in [0, 0.05) is 11.6 Å². The van der Waals surface area contributed by atoms with Crippen LogP contribution in [0.3, 0.4) is 0 Å². The number of hydrogen-bond acceptors (Lipinski definition) is 4. The summed E-state index contributed by atoms with van der Waals surface area (Å²) < 4.78 is 70.4. The van der Waals surface area contributed by atoms with E-state index < -0.39 is 38.2 Å². The Morgan fingerprint density at radius 1 is 1.12 bits per heavy atom. The lowest BCUT2D eigenvalue weighted by Gasteiger charge is -2.24. The molecule has 5 nitrogen and oxygen atoms in total. The lowest BCUT2D eigenvalue weighted by molar-refractivity contribution is -0.155. The normalized spacial score (nSPS) is 13.0. The highest BCUT2D eigenvalue weighted by Crippen LogP contribution is 2.36. The molecule has 0 fully saturated rings. The minimum Gasteiger partial charge on any atom is -0.455 e. The number of nitrogens with one attached hydrogen (secondary N) is 1. The molecule has 0 amide bonds. The molecule has 1 aromatic heterocycles. The van der Waals surface area contributed by atoms with Crippen molar-refractivity contribution < 1.29 is 30.8 Å². The second-order valence-electron chi connectivity index (χ2n) is 5.97. The standard InChI is InChI=1S/C16H16F3NO4S/c1-10-9-12(14(24-10)16(17,18)19)25(22,23)20-15(2,3)13(21)11-7-5-4-6-8-11/h4-9,20H,1-3H3. The highest BCUT2D eigenvalue weighted by molar-refractivity contribution is 7.89. The quantitative estimate of drug-likeness (QED) is 0.811. The van der Waals surface area contributed by atoms with Crippen molar-refractivity contribution in [2.75, 3.05) is 0 Å². The molecular weight excluding hydrogens is 359 g/mol. The summed E-state index contributed by atoms with van der Waals surface area (Å²) in [7, 11) is -4.65. The van der Waals surface area contributed by atoms with Gasteiger partial charge >= 0.3 is 6.18 Å². The van der Waals surface area contributed by atoms with Gasteiger partial charge in [-0.05, 0) is 20.8 Å². The van der Waals surface area contributed by atoms with E-state index >= 15 is 0 Å². The third-order valence-electron chi connectivity index (χ3n) is 3.36. The Morgan fingerprint density at radius 3 is 2.20 bits per heavy atom. The maximum atomic E-state index is 13.0. The molecule has 0 saturated carbocycles.